The minimum atomic E-state index is 0.726. The molecule has 0 aliphatic heterocycles. The zero-order chi connectivity index (χ0) is 13.9. The summed E-state index contributed by atoms with van der Waals surface area (Å²) >= 11 is 1.57. The third-order valence-corrected chi connectivity index (χ3v) is 3.91. The summed E-state index contributed by atoms with van der Waals surface area (Å²) in [4.78, 5) is 4.48. The zero-order valence-electron chi connectivity index (χ0n) is 11.3. The fraction of sp³-hybridized carbons (Fsp3) is 0.214. The number of hydrogen-bond donors (Lipinski definition) is 1. The molecule has 0 amide bonds. The molecule has 3 rings (SSSR count). The number of hydrogen-bond acceptors (Lipinski definition) is 5. The lowest BCUT2D eigenvalue weighted by Crippen LogP contribution is -1.86. The first-order chi connectivity index (χ1) is 9.74. The van der Waals surface area contributed by atoms with Gasteiger partial charge in [0.1, 0.15) is 5.76 Å². The molecule has 3 aromatic rings. The van der Waals surface area contributed by atoms with Crippen LogP contribution >= 0.6 is 11.8 Å². The number of H-pyrrole nitrogens is 1. The molecule has 0 aliphatic rings. The highest BCUT2D eigenvalue weighted by Gasteiger charge is 2.11. The predicted molar refractivity (Wildman–Crippen MR) is 77.4 cm³/mol. The van der Waals surface area contributed by atoms with Crippen LogP contribution in [-0.2, 0) is 5.75 Å². The second-order valence-corrected chi connectivity index (χ2v) is 5.37. The van der Waals surface area contributed by atoms with Crippen molar-refractivity contribution < 1.29 is 4.52 Å². The molecule has 0 aliphatic carbocycles. The summed E-state index contributed by atoms with van der Waals surface area (Å²) in [5.41, 5.74) is 3.07. The molecule has 2 aromatic heterocycles. The van der Waals surface area contributed by atoms with Crippen molar-refractivity contribution in [1.29, 1.82) is 0 Å². The van der Waals surface area contributed by atoms with Gasteiger partial charge in [-0.05, 0) is 13.8 Å². The number of nitrogens with one attached hydrogen (secondary N) is 1. The Morgan fingerprint density at radius 3 is 2.70 bits per heavy atom. The zero-order valence-corrected chi connectivity index (χ0v) is 12.1. The van der Waals surface area contributed by atoms with Crippen LogP contribution in [0, 0.1) is 13.8 Å². The summed E-state index contributed by atoms with van der Waals surface area (Å²) in [6.07, 6.45) is 0. The highest BCUT2D eigenvalue weighted by Crippen LogP contribution is 2.25. The van der Waals surface area contributed by atoms with E-state index >= 15 is 0 Å². The first kappa shape index (κ1) is 12.9. The topological polar surface area (TPSA) is 67.6 Å². The van der Waals surface area contributed by atoms with Crippen LogP contribution in [0.3, 0.4) is 0 Å². The van der Waals surface area contributed by atoms with Gasteiger partial charge in [-0.1, -0.05) is 47.3 Å². The molecule has 0 atom stereocenters. The molecular weight excluding hydrogens is 272 g/mol. The highest BCUT2D eigenvalue weighted by atomic mass is 32.2. The van der Waals surface area contributed by atoms with E-state index in [9.17, 15) is 0 Å². The smallest absolute Gasteiger partial charge is 0.209 e. The van der Waals surface area contributed by atoms with E-state index < -0.39 is 0 Å². The van der Waals surface area contributed by atoms with Crippen LogP contribution in [-0.4, -0.2) is 20.3 Å². The van der Waals surface area contributed by atoms with E-state index in [4.69, 9.17) is 4.52 Å². The Labute approximate surface area is 120 Å². The summed E-state index contributed by atoms with van der Waals surface area (Å²) < 4.78 is 5.15. The van der Waals surface area contributed by atoms with Crippen molar-refractivity contribution >= 4 is 11.8 Å². The summed E-state index contributed by atoms with van der Waals surface area (Å²) in [6, 6.07) is 9.95. The Hall–Kier alpha value is -2.08. The number of rotatable bonds is 4. The van der Waals surface area contributed by atoms with E-state index in [0.717, 1.165) is 39.3 Å². The summed E-state index contributed by atoms with van der Waals surface area (Å²) in [5.74, 6) is 2.40. The van der Waals surface area contributed by atoms with Gasteiger partial charge in [-0.25, -0.2) is 4.98 Å². The van der Waals surface area contributed by atoms with Gasteiger partial charge in [-0.3, -0.25) is 5.10 Å². The molecule has 2 heterocycles. The Morgan fingerprint density at radius 2 is 2.00 bits per heavy atom. The summed E-state index contributed by atoms with van der Waals surface area (Å²) in [5, 5.41) is 11.9. The lowest BCUT2D eigenvalue weighted by Gasteiger charge is -1.96. The van der Waals surface area contributed by atoms with Crippen LogP contribution in [0.5, 0.6) is 0 Å². The molecule has 5 nitrogen and oxygen atoms in total. The van der Waals surface area contributed by atoms with Gasteiger partial charge in [-0.15, -0.1) is 5.10 Å². The lowest BCUT2D eigenvalue weighted by molar-refractivity contribution is 0.392. The van der Waals surface area contributed by atoms with Gasteiger partial charge in [-0.2, -0.15) is 0 Å². The Kier molecular flexibility index (Phi) is 3.56. The average molecular weight is 286 g/mol. The van der Waals surface area contributed by atoms with Gasteiger partial charge >= 0.3 is 0 Å². The second-order valence-electron chi connectivity index (χ2n) is 4.42. The van der Waals surface area contributed by atoms with E-state index in [1.165, 1.54) is 0 Å². The number of nitrogens with zero attached hydrogens (tertiary/aromatic N) is 3. The number of thioether (sulfide) groups is 1. The van der Waals surface area contributed by atoms with Crippen LogP contribution in [0.1, 0.15) is 17.0 Å². The minimum Gasteiger partial charge on any atom is -0.361 e. The number of aromatic nitrogens is 4. The van der Waals surface area contributed by atoms with E-state index in [1.54, 1.807) is 11.8 Å². The van der Waals surface area contributed by atoms with Crippen molar-refractivity contribution in [1.82, 2.24) is 20.3 Å². The van der Waals surface area contributed by atoms with E-state index in [0.29, 0.717) is 0 Å². The van der Waals surface area contributed by atoms with E-state index in [2.05, 4.69) is 20.3 Å². The Morgan fingerprint density at radius 1 is 1.20 bits per heavy atom. The molecule has 6 heteroatoms. The van der Waals surface area contributed by atoms with Crippen LogP contribution in [0.15, 0.2) is 40.0 Å². The van der Waals surface area contributed by atoms with Crippen LogP contribution < -0.4 is 0 Å². The fourth-order valence-corrected chi connectivity index (χ4v) is 2.83. The Bertz CT molecular complexity index is 686. The van der Waals surface area contributed by atoms with Crippen molar-refractivity contribution in [3.63, 3.8) is 0 Å². The van der Waals surface area contributed by atoms with E-state index in [-0.39, 0.29) is 0 Å². The molecule has 1 N–H and O–H groups in total. The van der Waals surface area contributed by atoms with Gasteiger partial charge in [0.25, 0.3) is 0 Å². The molecule has 20 heavy (non-hydrogen) atoms. The van der Waals surface area contributed by atoms with Crippen LogP contribution in [0.2, 0.25) is 0 Å². The van der Waals surface area contributed by atoms with Gasteiger partial charge in [0.2, 0.25) is 5.16 Å². The highest BCUT2D eigenvalue weighted by molar-refractivity contribution is 7.98. The molecule has 102 valence electrons. The third kappa shape index (κ3) is 2.60. The average Bonchev–Trinajstić information content (AvgIpc) is 3.06. The molecule has 1 aromatic carbocycles. The van der Waals surface area contributed by atoms with Gasteiger partial charge < -0.3 is 4.52 Å². The standard InChI is InChI=1S/C14H14N4OS/c1-9-12(10(2)19-18-9)8-20-14-15-13(16-17-14)11-6-4-3-5-7-11/h3-7H,8H2,1-2H3,(H,15,16,17). The second kappa shape index (κ2) is 5.50. The predicted octanol–water partition coefficient (Wildman–Crippen LogP) is 3.37. The van der Waals surface area contributed by atoms with Crippen molar-refractivity contribution in [2.45, 2.75) is 24.8 Å². The van der Waals surface area contributed by atoms with Gasteiger partial charge in [0, 0.05) is 16.9 Å². The molecule has 0 saturated heterocycles. The summed E-state index contributed by atoms with van der Waals surface area (Å²) in [7, 11) is 0. The first-order valence-corrected chi connectivity index (χ1v) is 7.25. The Balaban J connectivity index is 1.72. The molecule has 0 fully saturated rings. The summed E-state index contributed by atoms with van der Waals surface area (Å²) in [6.45, 7) is 3.86. The quantitative estimate of drug-likeness (QED) is 0.745. The largest absolute Gasteiger partial charge is 0.361 e. The van der Waals surface area contributed by atoms with Crippen LogP contribution in [0.25, 0.3) is 11.4 Å². The van der Waals surface area contributed by atoms with Crippen molar-refractivity contribution in [3.05, 3.63) is 47.3 Å². The number of aryl methyl sites for hydroxylation is 2. The molecule has 0 bridgehead atoms. The normalized spacial score (nSPS) is 10.9. The lowest BCUT2D eigenvalue weighted by atomic mass is 10.2. The van der Waals surface area contributed by atoms with E-state index in [1.807, 2.05) is 44.2 Å². The minimum absolute atomic E-state index is 0.726. The first-order valence-electron chi connectivity index (χ1n) is 6.26. The van der Waals surface area contributed by atoms with Gasteiger partial charge in [0.15, 0.2) is 5.82 Å². The van der Waals surface area contributed by atoms with Crippen LogP contribution in [0.4, 0.5) is 0 Å². The maximum absolute atomic E-state index is 5.15. The maximum atomic E-state index is 5.15. The van der Waals surface area contributed by atoms with Gasteiger partial charge in [0.05, 0.1) is 5.69 Å². The molecule has 0 saturated carbocycles. The monoisotopic (exact) mass is 286 g/mol. The number of benzene rings is 1. The maximum Gasteiger partial charge on any atom is 0.209 e. The molecule has 0 spiro atoms. The SMILES string of the molecule is Cc1noc(C)c1CSc1n[nH]c(-c2ccccc2)n1. The third-order valence-electron chi connectivity index (χ3n) is 3.04. The van der Waals surface area contributed by atoms with Crippen molar-refractivity contribution in [2.75, 3.05) is 0 Å². The molecular formula is C14H14N4OS. The number of aromatic amines is 1. The fourth-order valence-electron chi connectivity index (χ4n) is 1.88. The van der Waals surface area contributed by atoms with Crippen molar-refractivity contribution in [2.24, 2.45) is 0 Å². The molecule has 0 radical (unpaired) electrons. The van der Waals surface area contributed by atoms with Crippen molar-refractivity contribution in [3.8, 4) is 11.4 Å². The molecule has 0 unspecified atom stereocenters.